The molecule has 156 valence electrons. The van der Waals surface area contributed by atoms with E-state index in [-0.39, 0.29) is 18.2 Å². The average Bonchev–Trinajstić information content (AvgIpc) is 2.73. The van der Waals surface area contributed by atoms with Crippen molar-refractivity contribution >= 4 is 46.1 Å². The Hall–Kier alpha value is -3.13. The highest BCUT2D eigenvalue weighted by Crippen LogP contribution is 2.29. The summed E-state index contributed by atoms with van der Waals surface area (Å²) in [6.07, 6.45) is 0.0954. The van der Waals surface area contributed by atoms with Gasteiger partial charge >= 0.3 is 5.97 Å². The Morgan fingerprint density at radius 3 is 2.50 bits per heavy atom. The molecule has 1 fully saturated rings. The number of esters is 1. The molecular formula is C22H23N3O4S. The van der Waals surface area contributed by atoms with Gasteiger partial charge in [-0.1, -0.05) is 29.5 Å². The molecule has 1 aliphatic rings. The molecule has 8 heteroatoms. The molecule has 3 rings (SSSR count). The smallest absolute Gasteiger partial charge is 0.337 e. The molecule has 0 bridgehead atoms. The maximum Gasteiger partial charge on any atom is 0.337 e. The van der Waals surface area contributed by atoms with E-state index in [9.17, 15) is 14.4 Å². The van der Waals surface area contributed by atoms with Crippen molar-refractivity contribution in [3.63, 3.8) is 0 Å². The van der Waals surface area contributed by atoms with Gasteiger partial charge in [0, 0.05) is 19.2 Å². The van der Waals surface area contributed by atoms with Crippen molar-refractivity contribution in [2.24, 2.45) is 4.99 Å². The van der Waals surface area contributed by atoms with Gasteiger partial charge in [0.15, 0.2) is 5.17 Å². The van der Waals surface area contributed by atoms with Crippen LogP contribution in [0.1, 0.15) is 27.9 Å². The highest BCUT2D eigenvalue weighted by Gasteiger charge is 2.34. The van der Waals surface area contributed by atoms with Crippen molar-refractivity contribution in [1.82, 2.24) is 4.90 Å². The van der Waals surface area contributed by atoms with Crippen LogP contribution in [0.25, 0.3) is 0 Å². The number of thioether (sulfide) groups is 1. The van der Waals surface area contributed by atoms with Crippen molar-refractivity contribution < 1.29 is 19.1 Å². The van der Waals surface area contributed by atoms with E-state index in [0.29, 0.717) is 16.4 Å². The largest absolute Gasteiger partial charge is 0.465 e. The molecule has 0 saturated carbocycles. The van der Waals surface area contributed by atoms with E-state index in [0.717, 1.165) is 16.8 Å². The Balaban J connectivity index is 1.77. The van der Waals surface area contributed by atoms with Gasteiger partial charge in [-0.2, -0.15) is 0 Å². The van der Waals surface area contributed by atoms with Crippen LogP contribution in [-0.4, -0.2) is 47.3 Å². The van der Waals surface area contributed by atoms with Gasteiger partial charge in [0.1, 0.15) is 5.25 Å². The Labute approximate surface area is 179 Å². The molecule has 2 aromatic carbocycles. The van der Waals surface area contributed by atoms with Crippen LogP contribution >= 0.6 is 11.8 Å². The quantitative estimate of drug-likeness (QED) is 0.755. The van der Waals surface area contributed by atoms with E-state index in [4.69, 9.17) is 0 Å². The minimum absolute atomic E-state index is 0.0954. The molecule has 1 atom stereocenters. The number of rotatable bonds is 4. The third-order valence-electron chi connectivity index (χ3n) is 4.71. The normalized spacial score (nSPS) is 17.7. The Morgan fingerprint density at radius 1 is 1.17 bits per heavy atom. The van der Waals surface area contributed by atoms with Crippen LogP contribution < -0.4 is 5.32 Å². The molecule has 1 saturated heterocycles. The molecule has 2 amide bonds. The van der Waals surface area contributed by atoms with E-state index in [1.54, 1.807) is 31.3 Å². The van der Waals surface area contributed by atoms with E-state index in [2.05, 4.69) is 15.0 Å². The van der Waals surface area contributed by atoms with Crippen LogP contribution in [0.5, 0.6) is 0 Å². The summed E-state index contributed by atoms with van der Waals surface area (Å²) in [7, 11) is 2.95. The lowest BCUT2D eigenvalue weighted by Crippen LogP contribution is -2.43. The number of aliphatic imine (C=N–C) groups is 1. The first-order chi connectivity index (χ1) is 14.3. The molecule has 7 nitrogen and oxygen atoms in total. The number of methoxy groups -OCH3 is 1. The molecule has 0 aliphatic carbocycles. The van der Waals surface area contributed by atoms with Crippen LogP contribution in [0.15, 0.2) is 47.5 Å². The molecule has 30 heavy (non-hydrogen) atoms. The Bertz CT molecular complexity index is 1020. The third kappa shape index (κ3) is 4.88. The van der Waals surface area contributed by atoms with Gasteiger partial charge in [-0.05, 0) is 49.7 Å². The van der Waals surface area contributed by atoms with Gasteiger partial charge in [0.2, 0.25) is 11.8 Å². The third-order valence-corrected chi connectivity index (χ3v) is 5.96. The maximum atomic E-state index is 12.8. The molecule has 1 unspecified atom stereocenters. The summed E-state index contributed by atoms with van der Waals surface area (Å²) in [5.41, 5.74) is 3.79. The number of ether oxygens (including phenoxy) is 1. The molecule has 0 radical (unpaired) electrons. The van der Waals surface area contributed by atoms with E-state index in [1.807, 2.05) is 32.0 Å². The summed E-state index contributed by atoms with van der Waals surface area (Å²) < 4.78 is 4.69. The van der Waals surface area contributed by atoms with Gasteiger partial charge in [0.05, 0.1) is 18.4 Å². The van der Waals surface area contributed by atoms with Gasteiger partial charge in [0.25, 0.3) is 0 Å². The SMILES string of the molecule is COC(=O)c1ccc(N=C2SC(C(=O)Nc3ccc(C)cc3C)CC(=O)N2C)cc1. The molecule has 1 heterocycles. The van der Waals surface area contributed by atoms with Gasteiger partial charge in [-0.15, -0.1) is 0 Å². The fourth-order valence-electron chi connectivity index (χ4n) is 2.97. The minimum atomic E-state index is -0.581. The van der Waals surface area contributed by atoms with Gasteiger partial charge < -0.3 is 10.1 Å². The van der Waals surface area contributed by atoms with Crippen LogP contribution in [0, 0.1) is 13.8 Å². The number of nitrogens with one attached hydrogen (secondary N) is 1. The number of amidine groups is 1. The number of carbonyl (C=O) groups excluding carboxylic acids is 3. The lowest BCUT2D eigenvalue weighted by Gasteiger charge is -2.29. The zero-order chi connectivity index (χ0) is 21.8. The van der Waals surface area contributed by atoms with Crippen molar-refractivity contribution in [3.8, 4) is 0 Å². The Morgan fingerprint density at radius 2 is 1.87 bits per heavy atom. The molecule has 1 N–H and O–H groups in total. The number of anilines is 1. The monoisotopic (exact) mass is 425 g/mol. The maximum absolute atomic E-state index is 12.8. The number of carbonyl (C=O) groups is 3. The average molecular weight is 426 g/mol. The predicted molar refractivity (Wildman–Crippen MR) is 118 cm³/mol. The van der Waals surface area contributed by atoms with Crippen molar-refractivity contribution in [2.75, 3.05) is 19.5 Å². The molecule has 2 aromatic rings. The summed E-state index contributed by atoms with van der Waals surface area (Å²) in [5.74, 6) is -0.849. The first kappa shape index (κ1) is 21.6. The fraction of sp³-hybridized carbons (Fsp3) is 0.273. The fourth-order valence-corrected chi connectivity index (χ4v) is 4.03. The zero-order valence-electron chi connectivity index (χ0n) is 17.3. The van der Waals surface area contributed by atoms with Crippen molar-refractivity contribution in [1.29, 1.82) is 0 Å². The second kappa shape index (κ2) is 9.13. The number of hydrogen-bond donors (Lipinski definition) is 1. The molecular weight excluding hydrogens is 402 g/mol. The zero-order valence-corrected chi connectivity index (χ0v) is 18.1. The summed E-state index contributed by atoms with van der Waals surface area (Å²) >= 11 is 1.24. The summed E-state index contributed by atoms with van der Waals surface area (Å²) in [6, 6.07) is 12.3. The van der Waals surface area contributed by atoms with Crippen LogP contribution in [0.4, 0.5) is 11.4 Å². The van der Waals surface area contributed by atoms with E-state index >= 15 is 0 Å². The summed E-state index contributed by atoms with van der Waals surface area (Å²) in [6.45, 7) is 3.92. The summed E-state index contributed by atoms with van der Waals surface area (Å²) in [4.78, 5) is 42.7. The predicted octanol–water partition coefficient (Wildman–Crippen LogP) is 3.68. The highest BCUT2D eigenvalue weighted by molar-refractivity contribution is 8.15. The summed E-state index contributed by atoms with van der Waals surface area (Å²) in [5, 5.41) is 2.76. The number of benzene rings is 2. The van der Waals surface area contributed by atoms with Gasteiger partial charge in [-0.25, -0.2) is 9.79 Å². The van der Waals surface area contributed by atoms with Crippen LogP contribution in [0.2, 0.25) is 0 Å². The second-order valence-corrected chi connectivity index (χ2v) is 8.17. The number of nitrogens with zero attached hydrogens (tertiary/aromatic N) is 2. The van der Waals surface area contributed by atoms with Crippen molar-refractivity contribution in [2.45, 2.75) is 25.5 Å². The first-order valence-electron chi connectivity index (χ1n) is 9.37. The number of hydrogen-bond acceptors (Lipinski definition) is 6. The number of aryl methyl sites for hydroxylation is 2. The minimum Gasteiger partial charge on any atom is -0.465 e. The highest BCUT2D eigenvalue weighted by atomic mass is 32.2. The van der Waals surface area contributed by atoms with Crippen molar-refractivity contribution in [3.05, 3.63) is 59.2 Å². The Kier molecular flexibility index (Phi) is 6.56. The molecule has 1 aliphatic heterocycles. The second-order valence-electron chi connectivity index (χ2n) is 7.00. The van der Waals surface area contributed by atoms with Crippen LogP contribution in [-0.2, 0) is 14.3 Å². The topological polar surface area (TPSA) is 88.1 Å². The standard InChI is InChI=1S/C22H23N3O4S/c1-13-5-10-17(14(2)11-13)24-20(27)18-12-19(26)25(3)22(30-18)23-16-8-6-15(7-9-16)21(28)29-4/h5-11,18H,12H2,1-4H3,(H,24,27). The van der Waals surface area contributed by atoms with E-state index < -0.39 is 11.2 Å². The van der Waals surface area contributed by atoms with Crippen LogP contribution in [0.3, 0.4) is 0 Å². The van der Waals surface area contributed by atoms with Gasteiger partial charge in [-0.3, -0.25) is 14.5 Å². The lowest BCUT2D eigenvalue weighted by molar-refractivity contribution is -0.128. The molecule has 0 spiro atoms. The first-order valence-corrected chi connectivity index (χ1v) is 10.2. The molecule has 0 aromatic heterocycles. The number of amides is 2. The van der Waals surface area contributed by atoms with E-state index in [1.165, 1.54) is 23.8 Å². The lowest BCUT2D eigenvalue weighted by atomic mass is 10.1.